The minimum absolute atomic E-state index is 0.191. The van der Waals surface area contributed by atoms with Gasteiger partial charge >= 0.3 is 0 Å². The second-order valence-corrected chi connectivity index (χ2v) is 10.2. The van der Waals surface area contributed by atoms with Crippen molar-refractivity contribution in [2.75, 3.05) is 19.7 Å². The van der Waals surface area contributed by atoms with Crippen LogP contribution in [0.25, 0.3) is 0 Å². The highest BCUT2D eigenvalue weighted by molar-refractivity contribution is 5.76. The Bertz CT molecular complexity index is 897. The number of carbonyl (C=O) groups is 1. The van der Waals surface area contributed by atoms with Gasteiger partial charge in [0, 0.05) is 25.6 Å². The summed E-state index contributed by atoms with van der Waals surface area (Å²) in [6.45, 7) is 8.33. The van der Waals surface area contributed by atoms with Crippen LogP contribution in [0.5, 0.6) is 5.75 Å². The lowest BCUT2D eigenvalue weighted by Gasteiger charge is -2.35. The van der Waals surface area contributed by atoms with Gasteiger partial charge in [-0.3, -0.25) is 4.79 Å². The zero-order valence-corrected chi connectivity index (χ0v) is 20.0. The van der Waals surface area contributed by atoms with E-state index in [1.54, 1.807) is 12.1 Å². The molecule has 0 aliphatic carbocycles. The van der Waals surface area contributed by atoms with Gasteiger partial charge in [0.25, 0.3) is 0 Å². The quantitative estimate of drug-likeness (QED) is 0.493. The molecule has 5 heteroatoms. The number of nitrogens with zero attached hydrogens (tertiary/aromatic N) is 2. The summed E-state index contributed by atoms with van der Waals surface area (Å²) in [5.41, 5.74) is 2.03. The van der Waals surface area contributed by atoms with Gasteiger partial charge in [0.2, 0.25) is 5.91 Å². The molecule has 2 aliphatic rings. The van der Waals surface area contributed by atoms with Crippen LogP contribution < -0.4 is 4.74 Å². The fourth-order valence-electron chi connectivity index (χ4n) is 5.09. The number of benzene rings is 2. The number of amides is 1. The largest absolute Gasteiger partial charge is 0.493 e. The molecular weight excluding hydrogens is 415 g/mol. The summed E-state index contributed by atoms with van der Waals surface area (Å²) >= 11 is 0. The Morgan fingerprint density at radius 2 is 1.70 bits per heavy atom. The molecule has 4 nitrogen and oxygen atoms in total. The van der Waals surface area contributed by atoms with E-state index in [9.17, 15) is 9.18 Å². The Morgan fingerprint density at radius 1 is 1.03 bits per heavy atom. The smallest absolute Gasteiger partial charge is 0.223 e. The molecule has 2 saturated heterocycles. The van der Waals surface area contributed by atoms with Crippen molar-refractivity contribution in [1.82, 2.24) is 9.80 Å². The standard InChI is InChI=1S/C28H37FN2O2/c1-21(2)20-33-27-11-7-23(8-12-27)19-31(18-22-5-9-25(29)10-6-22)28(32)17-24-13-15-30-14-3-4-26(30)16-24/h5-12,21,24,26H,3-4,13-20H2,1-2H3/t24-,26-/m1/s1. The second-order valence-electron chi connectivity index (χ2n) is 10.2. The van der Waals surface area contributed by atoms with Gasteiger partial charge in [0.15, 0.2) is 0 Å². The lowest BCUT2D eigenvalue weighted by atomic mass is 9.88. The van der Waals surface area contributed by atoms with Gasteiger partial charge in [0.05, 0.1) is 6.61 Å². The molecule has 0 bridgehead atoms. The van der Waals surface area contributed by atoms with E-state index in [4.69, 9.17) is 4.74 Å². The molecule has 0 N–H and O–H groups in total. The third kappa shape index (κ3) is 6.80. The van der Waals surface area contributed by atoms with Crippen molar-refractivity contribution in [3.8, 4) is 5.75 Å². The van der Waals surface area contributed by atoms with E-state index in [0.29, 0.717) is 44.0 Å². The maximum Gasteiger partial charge on any atom is 0.223 e. The molecule has 178 valence electrons. The van der Waals surface area contributed by atoms with Crippen LogP contribution in [0.15, 0.2) is 48.5 Å². The molecule has 2 heterocycles. The maximum atomic E-state index is 13.4. The molecule has 2 aromatic carbocycles. The van der Waals surface area contributed by atoms with Crippen LogP contribution in [0.4, 0.5) is 4.39 Å². The zero-order chi connectivity index (χ0) is 23.2. The number of hydrogen-bond acceptors (Lipinski definition) is 3. The normalized spacial score (nSPS) is 20.6. The number of fused-ring (bicyclic) bond motifs is 1. The Kier molecular flexibility index (Phi) is 8.02. The Hall–Kier alpha value is -2.40. The van der Waals surface area contributed by atoms with Crippen LogP contribution >= 0.6 is 0 Å². The predicted octanol–water partition coefficient (Wildman–Crippen LogP) is 5.65. The van der Waals surface area contributed by atoms with E-state index in [2.05, 4.69) is 18.7 Å². The molecule has 2 atom stereocenters. The van der Waals surface area contributed by atoms with Crippen molar-refractivity contribution in [3.05, 3.63) is 65.5 Å². The first-order chi connectivity index (χ1) is 16.0. The average molecular weight is 453 g/mol. The number of ether oxygens (including phenoxy) is 1. The topological polar surface area (TPSA) is 32.8 Å². The van der Waals surface area contributed by atoms with Crippen LogP contribution in [-0.2, 0) is 17.9 Å². The highest BCUT2D eigenvalue weighted by Gasteiger charge is 2.33. The third-order valence-electron chi connectivity index (χ3n) is 6.91. The van der Waals surface area contributed by atoms with Crippen LogP contribution in [0.2, 0.25) is 0 Å². The van der Waals surface area contributed by atoms with Crippen LogP contribution in [-0.4, -0.2) is 41.4 Å². The summed E-state index contributed by atoms with van der Waals surface area (Å²) in [6, 6.07) is 15.2. The molecule has 0 unspecified atom stereocenters. The highest BCUT2D eigenvalue weighted by atomic mass is 19.1. The van der Waals surface area contributed by atoms with Crippen molar-refractivity contribution in [3.63, 3.8) is 0 Å². The van der Waals surface area contributed by atoms with Crippen molar-refractivity contribution in [2.45, 2.75) is 65.1 Å². The van der Waals surface area contributed by atoms with Crippen molar-refractivity contribution in [1.29, 1.82) is 0 Å². The highest BCUT2D eigenvalue weighted by Crippen LogP contribution is 2.32. The number of hydrogen-bond donors (Lipinski definition) is 0. The van der Waals surface area contributed by atoms with Gasteiger partial charge in [-0.15, -0.1) is 0 Å². The second kappa shape index (κ2) is 11.1. The van der Waals surface area contributed by atoms with E-state index < -0.39 is 0 Å². The van der Waals surface area contributed by atoms with Gasteiger partial charge in [0.1, 0.15) is 11.6 Å². The molecule has 0 saturated carbocycles. The summed E-state index contributed by atoms with van der Waals surface area (Å²) in [5.74, 6) is 1.73. The van der Waals surface area contributed by atoms with Crippen LogP contribution in [0.3, 0.4) is 0 Å². The number of carbonyl (C=O) groups excluding carboxylic acids is 1. The molecule has 0 spiro atoms. The monoisotopic (exact) mass is 452 g/mol. The van der Waals surface area contributed by atoms with E-state index in [0.717, 1.165) is 36.3 Å². The summed E-state index contributed by atoms with van der Waals surface area (Å²) in [6.07, 6.45) is 5.40. The molecule has 2 fully saturated rings. The van der Waals surface area contributed by atoms with Gasteiger partial charge in [-0.2, -0.15) is 0 Å². The summed E-state index contributed by atoms with van der Waals surface area (Å²) in [7, 11) is 0. The number of rotatable bonds is 9. The van der Waals surface area contributed by atoms with E-state index >= 15 is 0 Å². The lowest BCUT2D eigenvalue weighted by Crippen LogP contribution is -2.40. The minimum atomic E-state index is -0.253. The first-order valence-corrected chi connectivity index (χ1v) is 12.4. The summed E-state index contributed by atoms with van der Waals surface area (Å²) in [5, 5.41) is 0. The van der Waals surface area contributed by atoms with Crippen LogP contribution in [0.1, 0.15) is 57.1 Å². The van der Waals surface area contributed by atoms with Crippen molar-refractivity contribution < 1.29 is 13.9 Å². The minimum Gasteiger partial charge on any atom is -0.493 e. The fourth-order valence-corrected chi connectivity index (χ4v) is 5.09. The predicted molar refractivity (Wildman–Crippen MR) is 129 cm³/mol. The SMILES string of the molecule is CC(C)COc1ccc(CN(Cc2ccc(F)cc2)C(=O)C[C@@H]2CCN3CCC[C@@H]3C2)cc1. The van der Waals surface area contributed by atoms with Gasteiger partial charge in [-0.25, -0.2) is 4.39 Å². The maximum absolute atomic E-state index is 13.4. The molecule has 33 heavy (non-hydrogen) atoms. The molecule has 0 radical (unpaired) electrons. The number of halogens is 1. The van der Waals surface area contributed by atoms with E-state index in [1.807, 2.05) is 29.2 Å². The molecular formula is C28H37FN2O2. The Balaban J connectivity index is 1.42. The number of piperidine rings is 1. The molecule has 1 amide bonds. The van der Waals surface area contributed by atoms with Gasteiger partial charge in [-0.1, -0.05) is 38.1 Å². The molecule has 2 aromatic rings. The first kappa shape index (κ1) is 23.7. The lowest BCUT2D eigenvalue weighted by molar-refractivity contribution is -0.134. The van der Waals surface area contributed by atoms with Gasteiger partial charge in [-0.05, 0) is 86.0 Å². The first-order valence-electron chi connectivity index (χ1n) is 12.4. The van der Waals surface area contributed by atoms with Gasteiger partial charge < -0.3 is 14.5 Å². The Morgan fingerprint density at radius 3 is 2.36 bits per heavy atom. The van der Waals surface area contributed by atoms with E-state index in [-0.39, 0.29) is 11.7 Å². The van der Waals surface area contributed by atoms with Crippen molar-refractivity contribution >= 4 is 5.91 Å². The third-order valence-corrected chi connectivity index (χ3v) is 6.91. The molecule has 0 aromatic heterocycles. The molecule has 4 rings (SSSR count). The van der Waals surface area contributed by atoms with E-state index in [1.165, 1.54) is 31.5 Å². The Labute approximate surface area is 197 Å². The van der Waals surface area contributed by atoms with Crippen molar-refractivity contribution in [2.24, 2.45) is 11.8 Å². The average Bonchev–Trinajstić information content (AvgIpc) is 3.27. The van der Waals surface area contributed by atoms with Crippen LogP contribution in [0, 0.1) is 17.7 Å². The summed E-state index contributed by atoms with van der Waals surface area (Å²) < 4.78 is 19.2. The zero-order valence-electron chi connectivity index (χ0n) is 20.0. The molecule has 2 aliphatic heterocycles. The fraction of sp³-hybridized carbons (Fsp3) is 0.536. The summed E-state index contributed by atoms with van der Waals surface area (Å²) in [4.78, 5) is 18.0.